The number of aryl methyl sites for hydroxylation is 1. The first-order chi connectivity index (χ1) is 10.3. The lowest BCUT2D eigenvalue weighted by Crippen LogP contribution is -2.12. The maximum atomic E-state index is 5.94. The van der Waals surface area contributed by atoms with Gasteiger partial charge in [0.25, 0.3) is 0 Å². The topological polar surface area (TPSA) is 47.0 Å². The van der Waals surface area contributed by atoms with E-state index in [0.29, 0.717) is 6.61 Å². The Kier molecular flexibility index (Phi) is 6.00. The lowest BCUT2D eigenvalue weighted by atomic mass is 10.2. The number of hydrogen-bond donors (Lipinski definition) is 1. The van der Waals surface area contributed by atoms with E-state index >= 15 is 0 Å². The molecule has 1 N–H and O–H groups in total. The average molecular weight is 340 g/mol. The molecule has 0 saturated heterocycles. The summed E-state index contributed by atoms with van der Waals surface area (Å²) in [4.78, 5) is 9.41. The van der Waals surface area contributed by atoms with Crippen LogP contribution in [0.15, 0.2) is 24.3 Å². The molecular weight excluding hydrogens is 321 g/mol. The van der Waals surface area contributed by atoms with E-state index in [4.69, 9.17) is 26.3 Å². The molecule has 1 aromatic carbocycles. The summed E-state index contributed by atoms with van der Waals surface area (Å²) in [6.07, 6.45) is 3.22. The Morgan fingerprint density at radius 1 is 1.18 bits per heavy atom. The van der Waals surface area contributed by atoms with Gasteiger partial charge in [0.15, 0.2) is 5.82 Å². The van der Waals surface area contributed by atoms with E-state index in [-0.39, 0.29) is 12.4 Å². The Bertz CT molecular complexity index is 632. The fraction of sp³-hybridized carbons (Fsp3) is 0.375. The van der Waals surface area contributed by atoms with Crippen LogP contribution in [0.3, 0.4) is 0 Å². The molecule has 0 radical (unpaired) electrons. The van der Waals surface area contributed by atoms with Gasteiger partial charge in [0.2, 0.25) is 0 Å². The zero-order chi connectivity index (χ0) is 14.7. The summed E-state index contributed by atoms with van der Waals surface area (Å²) in [5.74, 6) is 1.70. The van der Waals surface area contributed by atoms with E-state index in [1.165, 1.54) is 5.56 Å². The predicted molar refractivity (Wildman–Crippen MR) is 92.1 cm³/mol. The summed E-state index contributed by atoms with van der Waals surface area (Å²) < 4.78 is 5.09. The van der Waals surface area contributed by atoms with Crippen LogP contribution in [0.4, 0.5) is 5.82 Å². The molecule has 0 bridgehead atoms. The molecule has 6 heteroatoms. The molecule has 0 fully saturated rings. The van der Waals surface area contributed by atoms with Gasteiger partial charge in [-0.25, -0.2) is 9.97 Å². The summed E-state index contributed by atoms with van der Waals surface area (Å²) in [7, 11) is 1.70. The number of halogens is 2. The van der Waals surface area contributed by atoms with Crippen molar-refractivity contribution in [1.82, 2.24) is 9.97 Å². The zero-order valence-corrected chi connectivity index (χ0v) is 14.0. The predicted octanol–water partition coefficient (Wildman–Crippen LogP) is 3.77. The number of rotatable bonds is 5. The Morgan fingerprint density at radius 3 is 2.68 bits per heavy atom. The van der Waals surface area contributed by atoms with Crippen molar-refractivity contribution in [2.45, 2.75) is 19.3 Å². The smallest absolute Gasteiger partial charge is 0.161 e. The summed E-state index contributed by atoms with van der Waals surface area (Å²) in [6, 6.07) is 7.65. The van der Waals surface area contributed by atoms with Gasteiger partial charge in [0.1, 0.15) is 5.82 Å². The van der Waals surface area contributed by atoms with E-state index in [0.717, 1.165) is 53.7 Å². The molecule has 0 unspecified atom stereocenters. The molecule has 0 spiro atoms. The summed E-state index contributed by atoms with van der Waals surface area (Å²) in [5.41, 5.74) is 3.41. The number of fused-ring (bicyclic) bond motifs is 1. The molecule has 1 aliphatic carbocycles. The highest BCUT2D eigenvalue weighted by Gasteiger charge is 2.19. The largest absolute Gasteiger partial charge is 0.383 e. The van der Waals surface area contributed by atoms with Crippen LogP contribution in [0.2, 0.25) is 5.02 Å². The molecule has 3 rings (SSSR count). The molecular formula is C16H19Cl2N3O. The minimum atomic E-state index is 0. The minimum Gasteiger partial charge on any atom is -0.383 e. The van der Waals surface area contributed by atoms with Crippen molar-refractivity contribution in [3.63, 3.8) is 0 Å². The number of methoxy groups -OCH3 is 1. The second-order valence-corrected chi connectivity index (χ2v) is 5.54. The summed E-state index contributed by atoms with van der Waals surface area (Å²) in [6.45, 7) is 1.41. The van der Waals surface area contributed by atoms with Crippen molar-refractivity contribution in [3.05, 3.63) is 40.5 Å². The number of anilines is 1. The van der Waals surface area contributed by atoms with E-state index < -0.39 is 0 Å². The van der Waals surface area contributed by atoms with Crippen LogP contribution in [0.5, 0.6) is 0 Å². The van der Waals surface area contributed by atoms with Crippen molar-refractivity contribution in [3.8, 4) is 11.4 Å². The van der Waals surface area contributed by atoms with Crippen molar-refractivity contribution in [1.29, 1.82) is 0 Å². The second-order valence-electron chi connectivity index (χ2n) is 5.10. The monoisotopic (exact) mass is 339 g/mol. The number of benzene rings is 1. The van der Waals surface area contributed by atoms with E-state index in [9.17, 15) is 0 Å². The van der Waals surface area contributed by atoms with Gasteiger partial charge in [0, 0.05) is 35.5 Å². The lowest BCUT2D eigenvalue weighted by molar-refractivity contribution is 0.210. The number of hydrogen-bond acceptors (Lipinski definition) is 4. The summed E-state index contributed by atoms with van der Waals surface area (Å²) >= 11 is 5.94. The second kappa shape index (κ2) is 7.77. The van der Waals surface area contributed by atoms with Gasteiger partial charge < -0.3 is 10.1 Å². The molecule has 0 aliphatic heterocycles. The molecule has 2 aromatic rings. The molecule has 1 aliphatic rings. The Morgan fingerprint density at radius 2 is 1.95 bits per heavy atom. The molecule has 0 saturated carbocycles. The molecule has 1 aromatic heterocycles. The van der Waals surface area contributed by atoms with Gasteiger partial charge in [0.05, 0.1) is 6.61 Å². The lowest BCUT2D eigenvalue weighted by Gasteiger charge is -2.12. The molecule has 4 nitrogen and oxygen atoms in total. The fourth-order valence-electron chi connectivity index (χ4n) is 2.58. The average Bonchev–Trinajstić information content (AvgIpc) is 2.96. The van der Waals surface area contributed by atoms with Gasteiger partial charge in [-0.15, -0.1) is 12.4 Å². The SMILES string of the molecule is COCCNc1nc(-c2ccc(Cl)cc2)nc2c1CCC2.Cl. The first kappa shape index (κ1) is 17.0. The number of nitrogens with one attached hydrogen (secondary N) is 1. The summed E-state index contributed by atoms with van der Waals surface area (Å²) in [5, 5.41) is 4.09. The van der Waals surface area contributed by atoms with Crippen LogP contribution in [0, 0.1) is 0 Å². The Labute approximate surface area is 141 Å². The first-order valence-electron chi connectivity index (χ1n) is 7.16. The van der Waals surface area contributed by atoms with Crippen molar-refractivity contribution in [2.75, 3.05) is 25.6 Å². The molecule has 118 valence electrons. The van der Waals surface area contributed by atoms with E-state index in [1.54, 1.807) is 7.11 Å². The molecule has 1 heterocycles. The van der Waals surface area contributed by atoms with Crippen LogP contribution in [0.25, 0.3) is 11.4 Å². The zero-order valence-electron chi connectivity index (χ0n) is 12.4. The van der Waals surface area contributed by atoms with E-state index in [1.807, 2.05) is 24.3 Å². The van der Waals surface area contributed by atoms with Crippen molar-refractivity contribution in [2.24, 2.45) is 0 Å². The quantitative estimate of drug-likeness (QED) is 0.842. The highest BCUT2D eigenvalue weighted by Crippen LogP contribution is 2.29. The van der Waals surface area contributed by atoms with Crippen LogP contribution in [-0.4, -0.2) is 30.2 Å². The number of nitrogens with zero attached hydrogens (tertiary/aromatic N) is 2. The van der Waals surface area contributed by atoms with Crippen LogP contribution in [-0.2, 0) is 17.6 Å². The molecule has 0 atom stereocenters. The third-order valence-electron chi connectivity index (χ3n) is 3.63. The maximum Gasteiger partial charge on any atom is 0.161 e. The van der Waals surface area contributed by atoms with Gasteiger partial charge in [-0.05, 0) is 43.5 Å². The van der Waals surface area contributed by atoms with Crippen LogP contribution in [0.1, 0.15) is 17.7 Å². The van der Waals surface area contributed by atoms with Gasteiger partial charge in [-0.1, -0.05) is 11.6 Å². The van der Waals surface area contributed by atoms with Crippen molar-refractivity contribution < 1.29 is 4.74 Å². The van der Waals surface area contributed by atoms with E-state index in [2.05, 4.69) is 5.32 Å². The number of ether oxygens (including phenoxy) is 1. The Hall–Kier alpha value is -1.36. The van der Waals surface area contributed by atoms with Crippen molar-refractivity contribution >= 4 is 29.8 Å². The minimum absolute atomic E-state index is 0. The van der Waals surface area contributed by atoms with Gasteiger partial charge in [-0.3, -0.25) is 0 Å². The third kappa shape index (κ3) is 3.69. The normalized spacial score (nSPS) is 12.6. The molecule has 22 heavy (non-hydrogen) atoms. The standard InChI is InChI=1S/C16H18ClN3O.ClH/c1-21-10-9-18-16-13-3-2-4-14(13)19-15(20-16)11-5-7-12(17)8-6-11;/h5-8H,2-4,9-10H2,1H3,(H,18,19,20);1H. The Balaban J connectivity index is 0.00000176. The number of aromatic nitrogens is 2. The molecule has 0 amide bonds. The van der Waals surface area contributed by atoms with Gasteiger partial charge >= 0.3 is 0 Å². The maximum absolute atomic E-state index is 5.94. The third-order valence-corrected chi connectivity index (χ3v) is 3.89. The highest BCUT2D eigenvalue weighted by atomic mass is 35.5. The highest BCUT2D eigenvalue weighted by molar-refractivity contribution is 6.30. The van der Waals surface area contributed by atoms with Crippen LogP contribution >= 0.6 is 24.0 Å². The first-order valence-corrected chi connectivity index (χ1v) is 7.54. The van der Waals surface area contributed by atoms with Gasteiger partial charge in [-0.2, -0.15) is 0 Å². The van der Waals surface area contributed by atoms with Crippen LogP contribution < -0.4 is 5.32 Å². The fourth-order valence-corrected chi connectivity index (χ4v) is 2.70.